The summed E-state index contributed by atoms with van der Waals surface area (Å²) < 4.78 is 5.25. The van der Waals surface area contributed by atoms with Crippen LogP contribution in [-0.2, 0) is 20.9 Å². The van der Waals surface area contributed by atoms with Crippen LogP contribution < -0.4 is 38.5 Å². The van der Waals surface area contributed by atoms with E-state index in [0.717, 1.165) is 0 Å². The van der Waals surface area contributed by atoms with E-state index in [2.05, 4.69) is 100 Å². The smallest absolute Gasteiger partial charge is 1.00 e. The monoisotopic (exact) mass is 730 g/mol. The first-order valence-electron chi connectivity index (χ1n) is 14.4. The van der Waals surface area contributed by atoms with Crippen LogP contribution in [0.1, 0.15) is 85.4 Å². The summed E-state index contributed by atoms with van der Waals surface area (Å²) in [6.07, 6.45) is 20.6. The van der Waals surface area contributed by atoms with Gasteiger partial charge in [-0.05, 0) is 0 Å². The number of rotatable bonds is 6. The van der Waals surface area contributed by atoms with Gasteiger partial charge in [-0.3, -0.25) is 0 Å². The second kappa shape index (κ2) is 17.0. The maximum absolute atomic E-state index is 4.61. The van der Waals surface area contributed by atoms with Gasteiger partial charge in [-0.15, -0.1) is 0 Å². The second-order valence-corrected chi connectivity index (χ2v) is 30.8. The van der Waals surface area contributed by atoms with Crippen LogP contribution in [0, 0.1) is 0 Å². The number of hydrogen-bond acceptors (Lipinski definition) is 1. The van der Waals surface area contributed by atoms with Gasteiger partial charge in [-0.25, -0.2) is 0 Å². The molecular weight excluding hydrogens is 688 g/mol. The van der Waals surface area contributed by atoms with E-state index in [1.807, 2.05) is 0 Å². The summed E-state index contributed by atoms with van der Waals surface area (Å²) in [4.78, 5) is 0. The molecule has 1 N–H and O–H groups in total. The number of halogens is 2. The molecule has 0 bridgehead atoms. The van der Waals surface area contributed by atoms with E-state index in [4.69, 9.17) is 0 Å². The molecule has 3 aromatic carbocycles. The van der Waals surface area contributed by atoms with Crippen molar-refractivity contribution in [1.29, 1.82) is 0 Å². The van der Waals surface area contributed by atoms with Crippen LogP contribution in [0.2, 0.25) is 0 Å². The molecule has 3 aromatic rings. The van der Waals surface area contributed by atoms with Crippen molar-refractivity contribution in [2.75, 3.05) is 0 Å². The van der Waals surface area contributed by atoms with Crippen molar-refractivity contribution in [1.82, 2.24) is 3.30 Å². The van der Waals surface area contributed by atoms with Crippen molar-refractivity contribution in [2.45, 2.75) is 80.3 Å². The molecule has 1 fully saturated rings. The molecule has 2 aliphatic carbocycles. The van der Waals surface area contributed by atoms with Gasteiger partial charge in [-0.1, -0.05) is 0 Å². The summed E-state index contributed by atoms with van der Waals surface area (Å²) in [5, 5.41) is 3.29. The minimum atomic E-state index is -2.45. The van der Waals surface area contributed by atoms with Crippen LogP contribution in [-0.4, -0.2) is 12.0 Å². The Bertz CT molecular complexity index is 1040. The minimum Gasteiger partial charge on any atom is -1.00 e. The van der Waals surface area contributed by atoms with E-state index in [1.54, 1.807) is 15.9 Å². The van der Waals surface area contributed by atoms with Crippen LogP contribution in [0.3, 0.4) is 0 Å². The van der Waals surface area contributed by atoms with Gasteiger partial charge in [0.05, 0.1) is 0 Å². The average molecular weight is 730 g/mol. The van der Waals surface area contributed by atoms with Gasteiger partial charge in [-0.2, -0.15) is 0 Å². The summed E-state index contributed by atoms with van der Waals surface area (Å²) in [6, 6.07) is 33.2. The summed E-state index contributed by atoms with van der Waals surface area (Å²) in [5.74, 6) is -1.36. The Balaban J connectivity index is 0.00000200. The topological polar surface area (TPSA) is 12.0 Å². The van der Waals surface area contributed by atoms with Gasteiger partial charge < -0.3 is 24.8 Å². The van der Waals surface area contributed by atoms with Crippen LogP contribution in [0.15, 0.2) is 91.0 Å². The Labute approximate surface area is 252 Å². The fraction of sp³-hybridized carbons (Fsp3) is 0.394. The van der Waals surface area contributed by atoms with E-state index in [9.17, 15) is 0 Å². The van der Waals surface area contributed by atoms with Crippen molar-refractivity contribution in [3.63, 3.8) is 0 Å². The molecule has 0 aliphatic heterocycles. The number of nitrogens with one attached hydrogen (secondary N) is 1. The van der Waals surface area contributed by atoms with Crippen LogP contribution >= 0.6 is 0 Å². The van der Waals surface area contributed by atoms with Crippen molar-refractivity contribution in [3.8, 4) is 0 Å². The summed E-state index contributed by atoms with van der Waals surface area (Å²) in [7, 11) is 0. The third-order valence-corrected chi connectivity index (χ3v) is 36.0. The van der Waals surface area contributed by atoms with E-state index in [0.29, 0.717) is 9.72 Å². The number of benzene rings is 3. The largest absolute Gasteiger partial charge is 1.00 e. The molecule has 1 atom stereocenters. The van der Waals surface area contributed by atoms with Gasteiger partial charge in [0.25, 0.3) is 0 Å². The predicted octanol–water partition coefficient (Wildman–Crippen LogP) is 1.10. The minimum absolute atomic E-state index is 0. The zero-order chi connectivity index (χ0) is 24.4. The molecule has 1 nitrogen and oxygen atoms in total. The number of hydrogen-bond donors (Lipinski definition) is 1. The van der Waals surface area contributed by atoms with Crippen LogP contribution in [0.25, 0.3) is 6.08 Å². The Morgan fingerprint density at radius 2 is 1.05 bits per heavy atom. The van der Waals surface area contributed by atoms with E-state index in [-0.39, 0.29) is 24.8 Å². The van der Waals surface area contributed by atoms with Gasteiger partial charge >= 0.3 is 229 Å². The quantitative estimate of drug-likeness (QED) is 0.376. The van der Waals surface area contributed by atoms with Gasteiger partial charge in [0, 0.05) is 0 Å². The van der Waals surface area contributed by atoms with Crippen molar-refractivity contribution >= 4 is 22.4 Å². The average Bonchev–Trinajstić information content (AvgIpc) is 3.35. The number of allylic oxidation sites excluding steroid dienone is 1. The summed E-state index contributed by atoms with van der Waals surface area (Å²) in [5.41, 5.74) is 3.06. The molecular formula is C33H42Cl2HfNSi. The Kier molecular flexibility index (Phi) is 14.1. The standard InChI is InChI=1S/C12H24N.C12H11Si.C9H7.2ClH.Hf/c13-12-10-8-6-4-2-1-3-5-7-9-11-12;1-3-7-11(8-4-1)13-12-9-5-2-6-10-12;1-2-5-9-7-3-6-8(9)4-1;;;/h12-13H,1-11H2;1-10,13H;1-7H;2*1H;/q-1;;;;;+3/p-2. The molecule has 0 radical (unpaired) electrons. The normalized spacial score (nSPS) is 18.4. The molecule has 38 heavy (non-hydrogen) atoms. The molecule has 201 valence electrons. The first-order valence-corrected chi connectivity index (χ1v) is 26.2. The molecule has 0 saturated heterocycles. The fourth-order valence-corrected chi connectivity index (χ4v) is 37.6. The molecule has 5 rings (SSSR count). The molecule has 5 heteroatoms. The first-order chi connectivity index (χ1) is 17.9. The maximum atomic E-state index is 4.61. The molecule has 0 heterocycles. The van der Waals surface area contributed by atoms with Gasteiger partial charge in [0.15, 0.2) is 0 Å². The van der Waals surface area contributed by atoms with E-state index >= 15 is 0 Å². The molecule has 0 spiro atoms. The van der Waals surface area contributed by atoms with E-state index < -0.39 is 26.9 Å². The Morgan fingerprint density at radius 1 is 0.579 bits per heavy atom. The third kappa shape index (κ3) is 8.51. The second-order valence-electron chi connectivity index (χ2n) is 10.8. The predicted molar refractivity (Wildman–Crippen MR) is 155 cm³/mol. The fourth-order valence-electron chi connectivity index (χ4n) is 6.26. The molecule has 0 amide bonds. The van der Waals surface area contributed by atoms with Crippen LogP contribution in [0.4, 0.5) is 0 Å². The number of fused-ring (bicyclic) bond motifs is 1. The van der Waals surface area contributed by atoms with Crippen molar-refractivity contribution in [2.24, 2.45) is 0 Å². The van der Waals surface area contributed by atoms with Crippen molar-refractivity contribution < 1.29 is 45.7 Å². The molecule has 1 unspecified atom stereocenters. The van der Waals surface area contributed by atoms with Gasteiger partial charge in [0.2, 0.25) is 0 Å². The third-order valence-electron chi connectivity index (χ3n) is 8.19. The SMILES string of the molecule is C1=C[CH]([Hf+2]([NH]C2CCCCCCCCCCC2)[SiH](c2ccccc2)c2ccccc2)c2ccccc21.[Cl-].[Cl-]. The molecule has 2 aliphatic rings. The Hall–Kier alpha value is -0.973. The molecule has 0 aromatic heterocycles. The van der Waals surface area contributed by atoms with Crippen LogP contribution in [0.5, 0.6) is 0 Å². The maximum Gasteiger partial charge on any atom is -1.00 e. The summed E-state index contributed by atoms with van der Waals surface area (Å²) in [6.45, 7) is 0. The Morgan fingerprint density at radius 3 is 1.61 bits per heavy atom. The van der Waals surface area contributed by atoms with Gasteiger partial charge in [0.1, 0.15) is 0 Å². The molecule has 1 saturated carbocycles. The zero-order valence-corrected chi connectivity index (χ0v) is 28.8. The van der Waals surface area contributed by atoms with E-state index in [1.165, 1.54) is 76.2 Å². The summed E-state index contributed by atoms with van der Waals surface area (Å²) >= 11 is -2.45. The van der Waals surface area contributed by atoms with Crippen molar-refractivity contribution in [3.05, 3.63) is 102 Å². The first kappa shape index (κ1) is 31.6. The zero-order valence-electron chi connectivity index (χ0n) is 22.5.